The third-order valence-electron chi connectivity index (χ3n) is 4.55. The first-order valence-electron chi connectivity index (χ1n) is 6.59. The zero-order chi connectivity index (χ0) is 13.6. The van der Waals surface area contributed by atoms with Gasteiger partial charge in [-0.3, -0.25) is 14.9 Å². The van der Waals surface area contributed by atoms with E-state index < -0.39 is 4.92 Å². The molecule has 2 saturated carbocycles. The molecular formula is C13H15ClN2O3. The maximum Gasteiger partial charge on any atom is 0.287 e. The zero-order valence-corrected chi connectivity index (χ0v) is 11.2. The third-order valence-corrected chi connectivity index (χ3v) is 4.83. The average Bonchev–Trinajstić information content (AvgIpc) is 2.96. The minimum Gasteiger partial charge on any atom is -0.307 e. The molecule has 102 valence electrons. The smallest absolute Gasteiger partial charge is 0.287 e. The van der Waals surface area contributed by atoms with Gasteiger partial charge in [0.25, 0.3) is 11.2 Å². The molecule has 0 amide bonds. The maximum absolute atomic E-state index is 11.9. The fourth-order valence-corrected chi connectivity index (χ4v) is 3.89. The minimum atomic E-state index is -0.511. The lowest BCUT2D eigenvalue weighted by Crippen LogP contribution is -2.26. The van der Waals surface area contributed by atoms with Crippen LogP contribution in [0.15, 0.2) is 17.1 Å². The van der Waals surface area contributed by atoms with E-state index in [1.807, 2.05) is 0 Å². The van der Waals surface area contributed by atoms with Crippen molar-refractivity contribution in [2.24, 2.45) is 17.8 Å². The van der Waals surface area contributed by atoms with E-state index >= 15 is 0 Å². The maximum atomic E-state index is 11.9. The molecule has 0 aliphatic heterocycles. The molecule has 0 saturated heterocycles. The molecule has 5 nitrogen and oxygen atoms in total. The molecule has 2 aliphatic carbocycles. The molecule has 3 unspecified atom stereocenters. The van der Waals surface area contributed by atoms with Crippen LogP contribution < -0.4 is 5.56 Å². The molecule has 0 spiro atoms. The first-order valence-corrected chi connectivity index (χ1v) is 6.96. The molecule has 1 heterocycles. The van der Waals surface area contributed by atoms with E-state index in [1.54, 1.807) is 0 Å². The van der Waals surface area contributed by atoms with Crippen LogP contribution in [-0.2, 0) is 6.54 Å². The second kappa shape index (κ2) is 4.63. The van der Waals surface area contributed by atoms with Crippen LogP contribution in [0, 0.1) is 27.9 Å². The molecular weight excluding hydrogens is 268 g/mol. The van der Waals surface area contributed by atoms with E-state index in [9.17, 15) is 14.9 Å². The van der Waals surface area contributed by atoms with Crippen molar-refractivity contribution in [2.75, 3.05) is 0 Å². The predicted octanol–water partition coefficient (Wildman–Crippen LogP) is 2.85. The van der Waals surface area contributed by atoms with Gasteiger partial charge in [0.2, 0.25) is 0 Å². The highest BCUT2D eigenvalue weighted by molar-refractivity contribution is 6.30. The Morgan fingerprint density at radius 1 is 1.42 bits per heavy atom. The van der Waals surface area contributed by atoms with Crippen molar-refractivity contribution in [1.29, 1.82) is 0 Å². The molecule has 2 fully saturated rings. The van der Waals surface area contributed by atoms with Crippen molar-refractivity contribution in [1.82, 2.24) is 4.57 Å². The van der Waals surface area contributed by atoms with Crippen LogP contribution in [0.2, 0.25) is 5.02 Å². The summed E-state index contributed by atoms with van der Waals surface area (Å²) in [6.07, 6.45) is 6.23. The summed E-state index contributed by atoms with van der Waals surface area (Å²) >= 11 is 5.79. The van der Waals surface area contributed by atoms with Crippen LogP contribution in [0.25, 0.3) is 0 Å². The second-order valence-corrected chi connectivity index (χ2v) is 6.10. The molecule has 0 aromatic carbocycles. The Kier molecular flexibility index (Phi) is 3.09. The largest absolute Gasteiger partial charge is 0.307 e. The molecule has 0 N–H and O–H groups in total. The van der Waals surface area contributed by atoms with E-state index in [1.165, 1.54) is 30.0 Å². The molecule has 2 bridgehead atoms. The van der Waals surface area contributed by atoms with Gasteiger partial charge in [-0.1, -0.05) is 18.0 Å². The van der Waals surface area contributed by atoms with Crippen LogP contribution in [0.5, 0.6) is 0 Å². The Labute approximate surface area is 115 Å². The fourth-order valence-electron chi connectivity index (χ4n) is 3.67. The number of rotatable bonds is 3. The van der Waals surface area contributed by atoms with Crippen molar-refractivity contribution in [3.8, 4) is 0 Å². The predicted molar refractivity (Wildman–Crippen MR) is 71.3 cm³/mol. The fraction of sp³-hybridized carbons (Fsp3) is 0.615. The highest BCUT2D eigenvalue weighted by Gasteiger charge is 2.39. The normalized spacial score (nSPS) is 28.8. The molecule has 3 rings (SSSR count). The molecule has 2 aliphatic rings. The summed E-state index contributed by atoms with van der Waals surface area (Å²) in [6.45, 7) is 0.557. The van der Waals surface area contributed by atoms with Crippen LogP contribution in [0.3, 0.4) is 0 Å². The Morgan fingerprint density at radius 2 is 2.21 bits per heavy atom. The van der Waals surface area contributed by atoms with Crippen molar-refractivity contribution >= 4 is 17.3 Å². The summed E-state index contributed by atoms with van der Waals surface area (Å²) in [7, 11) is 0. The van der Waals surface area contributed by atoms with Crippen molar-refractivity contribution in [3.05, 3.63) is 37.8 Å². The number of nitro groups is 1. The number of hydrogen-bond donors (Lipinski definition) is 0. The lowest BCUT2D eigenvalue weighted by molar-refractivity contribution is -0.385. The van der Waals surface area contributed by atoms with Gasteiger partial charge in [0, 0.05) is 12.6 Å². The number of halogens is 1. The summed E-state index contributed by atoms with van der Waals surface area (Å²) in [5.41, 5.74) is -0.442. The monoisotopic (exact) mass is 282 g/mol. The molecule has 1 aromatic rings. The van der Waals surface area contributed by atoms with Gasteiger partial charge in [0.05, 0.1) is 11.1 Å². The third kappa shape index (κ3) is 2.27. The van der Waals surface area contributed by atoms with E-state index in [-0.39, 0.29) is 16.3 Å². The summed E-state index contributed by atoms with van der Waals surface area (Å²) < 4.78 is 1.42. The molecule has 19 heavy (non-hydrogen) atoms. The second-order valence-electron chi connectivity index (χ2n) is 5.70. The van der Waals surface area contributed by atoms with Gasteiger partial charge in [-0.2, -0.15) is 0 Å². The first kappa shape index (κ1) is 12.7. The van der Waals surface area contributed by atoms with E-state index in [4.69, 9.17) is 11.6 Å². The average molecular weight is 283 g/mol. The van der Waals surface area contributed by atoms with Crippen molar-refractivity contribution < 1.29 is 4.92 Å². The van der Waals surface area contributed by atoms with Crippen molar-refractivity contribution in [2.45, 2.75) is 32.2 Å². The summed E-state index contributed by atoms with van der Waals surface area (Å²) in [4.78, 5) is 22.2. The lowest BCUT2D eigenvalue weighted by atomic mass is 9.89. The molecule has 0 radical (unpaired) electrons. The highest BCUT2D eigenvalue weighted by atomic mass is 35.5. The number of aromatic nitrogens is 1. The van der Waals surface area contributed by atoms with Gasteiger partial charge < -0.3 is 4.57 Å². The number of nitrogens with zero attached hydrogens (tertiary/aromatic N) is 2. The van der Waals surface area contributed by atoms with Gasteiger partial charge >= 0.3 is 0 Å². The van der Waals surface area contributed by atoms with Crippen molar-refractivity contribution in [3.63, 3.8) is 0 Å². The van der Waals surface area contributed by atoms with Crippen LogP contribution >= 0.6 is 11.6 Å². The van der Waals surface area contributed by atoms with E-state index in [0.29, 0.717) is 18.4 Å². The van der Waals surface area contributed by atoms with Crippen LogP contribution in [-0.4, -0.2) is 9.49 Å². The lowest BCUT2D eigenvalue weighted by Gasteiger charge is -2.22. The van der Waals surface area contributed by atoms with Crippen LogP contribution in [0.4, 0.5) is 5.69 Å². The Bertz CT molecular complexity index is 584. The van der Waals surface area contributed by atoms with Crippen LogP contribution in [0.1, 0.15) is 25.7 Å². The van der Waals surface area contributed by atoms with Gasteiger partial charge in [0.1, 0.15) is 5.02 Å². The quantitative estimate of drug-likeness (QED) is 0.632. The highest BCUT2D eigenvalue weighted by Crippen LogP contribution is 2.48. The minimum absolute atomic E-state index is 0.0719. The first-order chi connectivity index (χ1) is 9.04. The Hall–Kier alpha value is -1.36. The molecule has 3 atom stereocenters. The summed E-state index contributed by atoms with van der Waals surface area (Å²) in [5, 5.41) is 10.7. The van der Waals surface area contributed by atoms with E-state index in [2.05, 4.69) is 0 Å². The Morgan fingerprint density at radius 3 is 2.79 bits per heavy atom. The van der Waals surface area contributed by atoms with Gasteiger partial charge in [-0.25, -0.2) is 0 Å². The topological polar surface area (TPSA) is 65.1 Å². The standard InChI is InChI=1S/C13H15ClN2O3/c14-12-5-11(16(18)19)7-15(13(12)17)6-10-4-8-1-2-9(10)3-8/h5,7-10H,1-4,6H2. The Balaban J connectivity index is 1.88. The van der Waals surface area contributed by atoms with Gasteiger partial charge in [-0.05, 0) is 37.0 Å². The number of hydrogen-bond acceptors (Lipinski definition) is 3. The molecule has 1 aromatic heterocycles. The SMILES string of the molecule is O=c1c(Cl)cc([N+](=O)[O-])cn1CC1CC2CCC1C2. The number of fused-ring (bicyclic) bond motifs is 2. The van der Waals surface area contributed by atoms with Gasteiger partial charge in [0.15, 0.2) is 0 Å². The zero-order valence-electron chi connectivity index (χ0n) is 10.4. The molecule has 6 heteroatoms. The van der Waals surface area contributed by atoms with E-state index in [0.717, 1.165) is 18.4 Å². The summed E-state index contributed by atoms with van der Waals surface area (Å²) in [6, 6.07) is 1.13. The number of pyridine rings is 1. The summed E-state index contributed by atoms with van der Waals surface area (Å²) in [5.74, 6) is 1.93. The van der Waals surface area contributed by atoms with Gasteiger partial charge in [-0.15, -0.1) is 0 Å².